The van der Waals surface area contributed by atoms with Crippen LogP contribution >= 0.6 is 12.2 Å². The molecule has 6 heteroatoms. The van der Waals surface area contributed by atoms with Gasteiger partial charge in [-0.3, -0.25) is 4.79 Å². The number of methoxy groups -OCH3 is 2. The van der Waals surface area contributed by atoms with Crippen molar-refractivity contribution < 1.29 is 14.3 Å². The number of nitrogens with two attached hydrogens (primary N) is 1. The zero-order chi connectivity index (χ0) is 15.3. The van der Waals surface area contributed by atoms with Gasteiger partial charge in [0.05, 0.1) is 30.8 Å². The lowest BCUT2D eigenvalue weighted by molar-refractivity contribution is -0.118. The molecule has 1 aromatic carbocycles. The summed E-state index contributed by atoms with van der Waals surface area (Å²) in [4.78, 5) is 12.5. The van der Waals surface area contributed by atoms with Crippen LogP contribution < -0.4 is 20.5 Å². The Morgan fingerprint density at radius 2 is 1.95 bits per heavy atom. The van der Waals surface area contributed by atoms with Gasteiger partial charge in [-0.15, -0.1) is 0 Å². The molecule has 0 saturated carbocycles. The zero-order valence-corrected chi connectivity index (χ0v) is 12.9. The lowest BCUT2D eigenvalue weighted by Crippen LogP contribution is -2.36. The molecule has 0 aromatic heterocycles. The van der Waals surface area contributed by atoms with E-state index < -0.39 is 5.92 Å². The Hall–Kier alpha value is -1.82. The van der Waals surface area contributed by atoms with E-state index in [1.54, 1.807) is 25.3 Å². The molecular formula is C14H20N2O3S. The summed E-state index contributed by atoms with van der Waals surface area (Å²) in [7, 11) is 3.09. The largest absolute Gasteiger partial charge is 0.497 e. The number of anilines is 1. The molecule has 3 N–H and O–H groups in total. The first-order chi connectivity index (χ1) is 9.40. The molecule has 0 fully saturated rings. The molecule has 1 atom stereocenters. The topological polar surface area (TPSA) is 73.6 Å². The molecule has 0 radical (unpaired) electrons. The van der Waals surface area contributed by atoms with Crippen LogP contribution in [0.1, 0.15) is 13.8 Å². The van der Waals surface area contributed by atoms with E-state index >= 15 is 0 Å². The number of hydrogen-bond donors (Lipinski definition) is 2. The van der Waals surface area contributed by atoms with Crippen molar-refractivity contribution in [3.63, 3.8) is 0 Å². The summed E-state index contributed by atoms with van der Waals surface area (Å²) >= 11 is 4.96. The molecule has 1 aromatic rings. The van der Waals surface area contributed by atoms with Gasteiger partial charge in [-0.05, 0) is 18.1 Å². The quantitative estimate of drug-likeness (QED) is 0.787. The average Bonchev–Trinajstić information content (AvgIpc) is 2.37. The molecular weight excluding hydrogens is 276 g/mol. The summed E-state index contributed by atoms with van der Waals surface area (Å²) in [5.41, 5.74) is 6.16. The maximum atomic E-state index is 12.3. The van der Waals surface area contributed by atoms with E-state index in [9.17, 15) is 4.79 Å². The SMILES string of the molecule is COc1ccc(OC)c(NC(=O)C(C(N)=S)C(C)C)c1. The zero-order valence-electron chi connectivity index (χ0n) is 12.1. The fraction of sp³-hybridized carbons (Fsp3) is 0.429. The van der Waals surface area contributed by atoms with Crippen molar-refractivity contribution >= 4 is 28.8 Å². The standard InChI is InChI=1S/C14H20N2O3S/c1-8(2)12(13(15)20)14(17)16-10-7-9(18-3)5-6-11(10)19-4/h5-8,12H,1-4H3,(H2,15,20)(H,16,17). The maximum Gasteiger partial charge on any atom is 0.234 e. The molecule has 1 amide bonds. The molecule has 0 spiro atoms. The minimum atomic E-state index is -0.527. The lowest BCUT2D eigenvalue weighted by atomic mass is 9.95. The Labute approximate surface area is 124 Å². The number of benzene rings is 1. The van der Waals surface area contributed by atoms with Gasteiger partial charge in [0, 0.05) is 6.07 Å². The summed E-state index contributed by atoms with van der Waals surface area (Å²) in [6.45, 7) is 3.79. The summed E-state index contributed by atoms with van der Waals surface area (Å²) in [6, 6.07) is 5.16. The van der Waals surface area contributed by atoms with E-state index in [-0.39, 0.29) is 16.8 Å². The number of nitrogens with one attached hydrogen (secondary N) is 1. The second-order valence-electron chi connectivity index (χ2n) is 4.68. The highest BCUT2D eigenvalue weighted by molar-refractivity contribution is 7.80. The van der Waals surface area contributed by atoms with E-state index in [2.05, 4.69) is 5.32 Å². The molecule has 20 heavy (non-hydrogen) atoms. The number of amides is 1. The summed E-state index contributed by atoms with van der Waals surface area (Å²) in [6.07, 6.45) is 0. The van der Waals surface area contributed by atoms with Gasteiger partial charge in [0.1, 0.15) is 11.5 Å². The van der Waals surface area contributed by atoms with E-state index in [0.29, 0.717) is 17.2 Å². The molecule has 0 aliphatic carbocycles. The van der Waals surface area contributed by atoms with Crippen LogP contribution in [0.3, 0.4) is 0 Å². The first-order valence-electron chi connectivity index (χ1n) is 6.23. The highest BCUT2D eigenvalue weighted by atomic mass is 32.1. The third kappa shape index (κ3) is 3.84. The number of carbonyl (C=O) groups is 1. The maximum absolute atomic E-state index is 12.3. The average molecular weight is 296 g/mol. The summed E-state index contributed by atoms with van der Waals surface area (Å²) < 4.78 is 10.3. The van der Waals surface area contributed by atoms with Gasteiger partial charge >= 0.3 is 0 Å². The van der Waals surface area contributed by atoms with Gasteiger partial charge in [-0.2, -0.15) is 0 Å². The summed E-state index contributed by atoms with van der Waals surface area (Å²) in [5.74, 6) is 0.409. The molecule has 0 aliphatic heterocycles. The van der Waals surface area contributed by atoms with Gasteiger partial charge in [-0.1, -0.05) is 26.1 Å². The monoisotopic (exact) mass is 296 g/mol. The first-order valence-corrected chi connectivity index (χ1v) is 6.63. The van der Waals surface area contributed by atoms with E-state index in [1.807, 2.05) is 13.8 Å². The van der Waals surface area contributed by atoms with Crippen LogP contribution in [0.25, 0.3) is 0 Å². The third-order valence-corrected chi connectivity index (χ3v) is 3.17. The molecule has 1 unspecified atom stereocenters. The van der Waals surface area contributed by atoms with Crippen LogP contribution in [0, 0.1) is 11.8 Å². The van der Waals surface area contributed by atoms with Crippen molar-refractivity contribution in [3.05, 3.63) is 18.2 Å². The van der Waals surface area contributed by atoms with Crippen LogP contribution in [-0.2, 0) is 4.79 Å². The van der Waals surface area contributed by atoms with Crippen molar-refractivity contribution in [1.29, 1.82) is 0 Å². The van der Waals surface area contributed by atoms with Gasteiger partial charge in [0.15, 0.2) is 0 Å². The predicted molar refractivity (Wildman–Crippen MR) is 83.3 cm³/mol. The van der Waals surface area contributed by atoms with E-state index in [0.717, 1.165) is 0 Å². The number of carbonyl (C=O) groups excluding carboxylic acids is 1. The Bertz CT molecular complexity index is 503. The second kappa shape index (κ2) is 7.09. The molecule has 5 nitrogen and oxygen atoms in total. The normalized spacial score (nSPS) is 11.8. The third-order valence-electron chi connectivity index (χ3n) is 2.92. The van der Waals surface area contributed by atoms with Crippen LogP contribution in [-0.4, -0.2) is 25.1 Å². The fourth-order valence-corrected chi connectivity index (χ4v) is 2.26. The Balaban J connectivity index is 3.02. The van der Waals surface area contributed by atoms with Gasteiger partial charge in [-0.25, -0.2) is 0 Å². The lowest BCUT2D eigenvalue weighted by Gasteiger charge is -2.20. The highest BCUT2D eigenvalue weighted by Crippen LogP contribution is 2.29. The second-order valence-corrected chi connectivity index (χ2v) is 5.15. The van der Waals surface area contributed by atoms with Crippen molar-refractivity contribution in [3.8, 4) is 11.5 Å². The smallest absolute Gasteiger partial charge is 0.234 e. The van der Waals surface area contributed by atoms with E-state index in [1.165, 1.54) is 7.11 Å². The van der Waals surface area contributed by atoms with Crippen LogP contribution in [0.2, 0.25) is 0 Å². The molecule has 1 rings (SSSR count). The Morgan fingerprint density at radius 3 is 2.40 bits per heavy atom. The molecule has 0 bridgehead atoms. The van der Waals surface area contributed by atoms with Crippen LogP contribution in [0.15, 0.2) is 18.2 Å². The molecule has 0 aliphatic rings. The summed E-state index contributed by atoms with van der Waals surface area (Å²) in [5, 5.41) is 2.79. The minimum absolute atomic E-state index is 0.0177. The number of rotatable bonds is 6. The Kier molecular flexibility index (Phi) is 5.76. The van der Waals surface area contributed by atoms with Crippen LogP contribution in [0.4, 0.5) is 5.69 Å². The van der Waals surface area contributed by atoms with E-state index in [4.69, 9.17) is 27.4 Å². The number of thiocarbonyl (C=S) groups is 1. The molecule has 110 valence electrons. The predicted octanol–water partition coefficient (Wildman–Crippen LogP) is 2.20. The van der Waals surface area contributed by atoms with Crippen LogP contribution in [0.5, 0.6) is 11.5 Å². The number of ether oxygens (including phenoxy) is 2. The highest BCUT2D eigenvalue weighted by Gasteiger charge is 2.25. The van der Waals surface area contributed by atoms with Crippen molar-refractivity contribution in [2.24, 2.45) is 17.6 Å². The van der Waals surface area contributed by atoms with Crippen molar-refractivity contribution in [2.45, 2.75) is 13.8 Å². The van der Waals surface area contributed by atoms with Gasteiger partial charge in [0.2, 0.25) is 5.91 Å². The Morgan fingerprint density at radius 1 is 1.30 bits per heavy atom. The van der Waals surface area contributed by atoms with Crippen molar-refractivity contribution in [1.82, 2.24) is 0 Å². The fourth-order valence-electron chi connectivity index (χ4n) is 1.88. The van der Waals surface area contributed by atoms with Gasteiger partial charge in [0.25, 0.3) is 0 Å². The molecule has 0 saturated heterocycles. The van der Waals surface area contributed by atoms with Gasteiger partial charge < -0.3 is 20.5 Å². The van der Waals surface area contributed by atoms with Crippen molar-refractivity contribution in [2.75, 3.05) is 19.5 Å². The number of hydrogen-bond acceptors (Lipinski definition) is 4. The molecule has 0 heterocycles. The minimum Gasteiger partial charge on any atom is -0.497 e. The first kappa shape index (κ1) is 16.2.